The van der Waals surface area contributed by atoms with E-state index in [9.17, 15) is 21.2 Å². The number of benzene rings is 3. The van der Waals surface area contributed by atoms with E-state index >= 15 is 0 Å². The number of methoxy groups -OCH3 is 1. The first-order valence-corrected chi connectivity index (χ1v) is 16.3. The number of sulfonamides is 1. The topological polar surface area (TPSA) is 98.6 Å². The molecule has 42 heavy (non-hydrogen) atoms. The molecule has 0 saturated carbocycles. The second-order valence-corrected chi connectivity index (χ2v) is 14.0. The molecular formula is C31H28FN3O5S2. The van der Waals surface area contributed by atoms with Gasteiger partial charge in [0.25, 0.3) is 10.0 Å². The fourth-order valence-electron chi connectivity index (χ4n) is 5.30. The average molecular weight is 606 g/mol. The van der Waals surface area contributed by atoms with Gasteiger partial charge in [-0.3, -0.25) is 0 Å². The molecule has 0 aliphatic carbocycles. The van der Waals surface area contributed by atoms with Gasteiger partial charge in [0.1, 0.15) is 0 Å². The van der Waals surface area contributed by atoms with Crippen LogP contribution >= 0.6 is 0 Å². The molecule has 0 spiro atoms. The predicted octanol–water partition coefficient (Wildman–Crippen LogP) is 5.85. The highest BCUT2D eigenvalue weighted by molar-refractivity contribution is 7.90. The molecule has 0 unspecified atom stereocenters. The van der Waals surface area contributed by atoms with Gasteiger partial charge < -0.3 is 4.74 Å². The predicted molar refractivity (Wildman–Crippen MR) is 159 cm³/mol. The summed E-state index contributed by atoms with van der Waals surface area (Å²) in [6, 6.07) is 19.3. The van der Waals surface area contributed by atoms with Crippen LogP contribution in [0.1, 0.15) is 18.4 Å². The number of aromatic nitrogens is 2. The van der Waals surface area contributed by atoms with Crippen molar-refractivity contribution in [2.75, 3.05) is 20.2 Å². The summed E-state index contributed by atoms with van der Waals surface area (Å²) in [6.07, 6.45) is 4.59. The molecule has 0 N–H and O–H groups in total. The largest absolute Gasteiger partial charge is 0.493 e. The van der Waals surface area contributed by atoms with E-state index in [-0.39, 0.29) is 21.2 Å². The molecule has 0 bridgehead atoms. The zero-order chi connectivity index (χ0) is 29.6. The molecule has 3 aromatic carbocycles. The van der Waals surface area contributed by atoms with Gasteiger partial charge in [0.15, 0.2) is 17.2 Å². The van der Waals surface area contributed by atoms with E-state index in [2.05, 4.69) is 4.98 Å². The van der Waals surface area contributed by atoms with Crippen LogP contribution < -0.4 is 4.74 Å². The molecule has 1 aliphatic rings. The molecule has 216 valence electrons. The van der Waals surface area contributed by atoms with Crippen molar-refractivity contribution >= 4 is 31.1 Å². The number of pyridine rings is 1. The van der Waals surface area contributed by atoms with Crippen LogP contribution in [0.25, 0.3) is 33.3 Å². The molecule has 0 radical (unpaired) electrons. The number of para-hydroxylation sites is 1. The molecule has 5 aromatic rings. The van der Waals surface area contributed by atoms with Crippen molar-refractivity contribution in [3.8, 4) is 28.0 Å². The number of hydrogen-bond donors (Lipinski definition) is 0. The highest BCUT2D eigenvalue weighted by Gasteiger charge is 2.28. The molecule has 1 aliphatic heterocycles. The van der Waals surface area contributed by atoms with Crippen molar-refractivity contribution in [2.45, 2.75) is 29.6 Å². The second kappa shape index (κ2) is 10.6. The van der Waals surface area contributed by atoms with Crippen LogP contribution in [0.4, 0.5) is 4.39 Å². The summed E-state index contributed by atoms with van der Waals surface area (Å²) in [4.78, 5) is 4.80. The Labute approximate surface area is 244 Å². The van der Waals surface area contributed by atoms with Crippen molar-refractivity contribution in [3.05, 3.63) is 96.6 Å². The number of hydrogen-bond acceptors (Lipinski definition) is 6. The van der Waals surface area contributed by atoms with E-state index in [4.69, 9.17) is 4.74 Å². The number of fused-ring (bicyclic) bond motifs is 1. The average Bonchev–Trinajstić information content (AvgIpc) is 3.67. The fraction of sp³-hybridized carbons (Fsp3) is 0.194. The van der Waals surface area contributed by atoms with Crippen LogP contribution in [0.2, 0.25) is 0 Å². The van der Waals surface area contributed by atoms with Crippen LogP contribution in [0.5, 0.6) is 5.75 Å². The number of halogens is 1. The smallest absolute Gasteiger partial charge is 0.269 e. The van der Waals surface area contributed by atoms with Crippen LogP contribution in [-0.4, -0.2) is 50.3 Å². The van der Waals surface area contributed by atoms with Gasteiger partial charge in [-0.15, -0.1) is 0 Å². The molecule has 1 fully saturated rings. The third kappa shape index (κ3) is 4.77. The summed E-state index contributed by atoms with van der Waals surface area (Å²) < 4.78 is 76.8. The maximum atomic E-state index is 14.8. The van der Waals surface area contributed by atoms with Gasteiger partial charge in [-0.2, -0.15) is 4.31 Å². The normalized spacial score (nSPS) is 14.5. The molecule has 8 nitrogen and oxygen atoms in total. The number of nitrogens with zero attached hydrogens (tertiary/aromatic N) is 3. The van der Waals surface area contributed by atoms with Gasteiger partial charge >= 0.3 is 0 Å². The van der Waals surface area contributed by atoms with Gasteiger partial charge in [0, 0.05) is 47.6 Å². The van der Waals surface area contributed by atoms with Crippen molar-refractivity contribution < 1.29 is 26.0 Å². The molecule has 0 amide bonds. The summed E-state index contributed by atoms with van der Waals surface area (Å²) in [5.41, 5.74) is 2.96. The standard InChI is InChI=1S/C31H28FN3O5S2/c1-21-11-13-24(14-12-21)42(38,39)35-20-28(26-9-6-10-29(32)30(26)40-2)27-18-23(19-33-31(27)35)22-7-5-8-25(17-22)41(36,37)34-15-3-4-16-34/h5-14,17-20H,3-4,15-16H2,1-2H3. The van der Waals surface area contributed by atoms with E-state index in [1.165, 1.54) is 48.1 Å². The van der Waals surface area contributed by atoms with E-state index in [0.717, 1.165) is 22.4 Å². The van der Waals surface area contributed by atoms with Gasteiger partial charge in [-0.25, -0.2) is 30.2 Å². The lowest BCUT2D eigenvalue weighted by Gasteiger charge is -2.16. The van der Waals surface area contributed by atoms with Crippen LogP contribution in [0.15, 0.2) is 95.0 Å². The maximum absolute atomic E-state index is 14.8. The molecule has 3 heterocycles. The maximum Gasteiger partial charge on any atom is 0.269 e. The number of aryl methyl sites for hydroxylation is 1. The van der Waals surface area contributed by atoms with Crippen molar-refractivity contribution in [1.29, 1.82) is 0 Å². The first-order valence-electron chi connectivity index (χ1n) is 13.4. The zero-order valence-electron chi connectivity index (χ0n) is 23.0. The third-order valence-corrected chi connectivity index (χ3v) is 11.1. The summed E-state index contributed by atoms with van der Waals surface area (Å²) in [5, 5.41) is 0.430. The molecule has 11 heteroatoms. The second-order valence-electron chi connectivity index (χ2n) is 10.2. The molecule has 1 saturated heterocycles. The van der Waals surface area contributed by atoms with E-state index in [1.54, 1.807) is 48.5 Å². The summed E-state index contributed by atoms with van der Waals surface area (Å²) in [7, 11) is -6.38. The Kier molecular flexibility index (Phi) is 7.12. The quantitative estimate of drug-likeness (QED) is 0.231. The van der Waals surface area contributed by atoms with E-state index < -0.39 is 25.9 Å². The highest BCUT2D eigenvalue weighted by atomic mass is 32.2. The molecule has 0 atom stereocenters. The Hall–Kier alpha value is -4.06. The zero-order valence-corrected chi connectivity index (χ0v) is 24.6. The van der Waals surface area contributed by atoms with Crippen molar-refractivity contribution in [3.63, 3.8) is 0 Å². The number of ether oxygens (including phenoxy) is 1. The summed E-state index contributed by atoms with van der Waals surface area (Å²) >= 11 is 0. The first kappa shape index (κ1) is 28.1. The Morgan fingerprint density at radius 2 is 1.52 bits per heavy atom. The Balaban J connectivity index is 1.56. The highest BCUT2D eigenvalue weighted by Crippen LogP contribution is 2.40. The Morgan fingerprint density at radius 3 is 2.24 bits per heavy atom. The van der Waals surface area contributed by atoms with Gasteiger partial charge in [0.05, 0.1) is 16.9 Å². The molecular weight excluding hydrogens is 577 g/mol. The first-order chi connectivity index (χ1) is 20.1. The lowest BCUT2D eigenvalue weighted by atomic mass is 10.0. The minimum atomic E-state index is -4.08. The van der Waals surface area contributed by atoms with Crippen molar-refractivity contribution in [2.24, 2.45) is 0 Å². The van der Waals surface area contributed by atoms with E-state index in [1.807, 2.05) is 6.92 Å². The van der Waals surface area contributed by atoms with Gasteiger partial charge in [-0.05, 0) is 61.7 Å². The lowest BCUT2D eigenvalue weighted by molar-refractivity contribution is 0.388. The lowest BCUT2D eigenvalue weighted by Crippen LogP contribution is -2.27. The van der Waals surface area contributed by atoms with Crippen LogP contribution in [-0.2, 0) is 20.0 Å². The van der Waals surface area contributed by atoms with Gasteiger partial charge in [-0.1, -0.05) is 42.0 Å². The molecule has 2 aromatic heterocycles. The summed E-state index contributed by atoms with van der Waals surface area (Å²) in [5.74, 6) is -0.630. The summed E-state index contributed by atoms with van der Waals surface area (Å²) in [6.45, 7) is 2.84. The van der Waals surface area contributed by atoms with Crippen LogP contribution in [0.3, 0.4) is 0 Å². The fourth-order valence-corrected chi connectivity index (χ4v) is 8.19. The molecule has 6 rings (SSSR count). The van der Waals surface area contributed by atoms with Crippen LogP contribution in [0, 0.1) is 12.7 Å². The minimum Gasteiger partial charge on any atom is -0.493 e. The monoisotopic (exact) mass is 605 g/mol. The van der Waals surface area contributed by atoms with Crippen molar-refractivity contribution in [1.82, 2.24) is 13.3 Å². The van der Waals surface area contributed by atoms with Gasteiger partial charge in [0.2, 0.25) is 10.0 Å². The number of rotatable bonds is 7. The van der Waals surface area contributed by atoms with E-state index in [0.29, 0.717) is 40.7 Å². The third-order valence-electron chi connectivity index (χ3n) is 7.52. The minimum absolute atomic E-state index is 0.0339. The Bertz CT molecular complexity index is 2030. The SMILES string of the molecule is COc1c(F)cccc1-c1cn(S(=O)(=O)c2ccc(C)cc2)c2ncc(-c3cccc(S(=O)(=O)N4CCCC4)c3)cc12. The Morgan fingerprint density at radius 1 is 0.810 bits per heavy atom.